The molecule has 0 fully saturated rings. The molecule has 0 aliphatic heterocycles. The van der Waals surface area contributed by atoms with Gasteiger partial charge in [0.25, 0.3) is 15.9 Å². The monoisotopic (exact) mass is 1190 g/mol. The number of aryl methyl sites for hydroxylation is 1. The van der Waals surface area contributed by atoms with Crippen LogP contribution >= 0.6 is 42.2 Å². The van der Waals surface area contributed by atoms with Gasteiger partial charge in [0, 0.05) is 45.7 Å². The van der Waals surface area contributed by atoms with Gasteiger partial charge in [0.05, 0.1) is 53.5 Å². The number of carboxylic acids is 1. The highest BCUT2D eigenvalue weighted by Crippen LogP contribution is 2.36. The first-order valence-electron chi connectivity index (χ1n) is 21.2. The molecule has 4 aromatic heterocycles. The van der Waals surface area contributed by atoms with Crippen LogP contribution in [0.1, 0.15) is 49.9 Å². The number of aliphatic carboxylic acids is 1. The minimum absolute atomic E-state index is 0.0257. The van der Waals surface area contributed by atoms with E-state index in [2.05, 4.69) is 55.7 Å². The van der Waals surface area contributed by atoms with Crippen LogP contribution in [0.2, 0.25) is 15.3 Å². The Hall–Kier alpha value is -6.61. The first-order valence-corrected chi connectivity index (χ1v) is 28.0. The van der Waals surface area contributed by atoms with Crippen molar-refractivity contribution in [1.82, 2.24) is 53.9 Å². The number of anilines is 4. The maximum atomic E-state index is 12.8. The Labute approximate surface area is 448 Å². The third-order valence-electron chi connectivity index (χ3n) is 8.48. The minimum atomic E-state index is -4.46. The molecule has 0 radical (unpaired) electrons. The summed E-state index contributed by atoms with van der Waals surface area (Å²) in [6.07, 6.45) is 2.09. The number of carbonyl (C=O) groups excluding carboxylic acids is 2. The Morgan fingerprint density at radius 1 is 0.947 bits per heavy atom. The van der Waals surface area contributed by atoms with Crippen molar-refractivity contribution >= 4 is 104 Å². The average molecular weight is 1190 g/mol. The van der Waals surface area contributed by atoms with E-state index in [0.717, 1.165) is 18.9 Å². The number of pyridine rings is 1. The predicted molar refractivity (Wildman–Crippen MR) is 278 cm³/mol. The Bertz CT molecular complexity index is 3150. The Kier molecular flexibility index (Phi) is 25.0. The lowest BCUT2D eigenvalue weighted by Gasteiger charge is -2.14. The third kappa shape index (κ3) is 21.6. The van der Waals surface area contributed by atoms with Gasteiger partial charge in [-0.1, -0.05) is 23.2 Å². The van der Waals surface area contributed by atoms with Crippen LogP contribution < -0.4 is 46.3 Å². The number of aromatic nitrogens is 9. The van der Waals surface area contributed by atoms with E-state index in [9.17, 15) is 49.4 Å². The summed E-state index contributed by atoms with van der Waals surface area (Å²) in [5.41, 5.74) is 3.63. The van der Waals surface area contributed by atoms with Crippen molar-refractivity contribution in [2.24, 2.45) is 5.73 Å². The van der Waals surface area contributed by atoms with E-state index in [0.29, 0.717) is 16.6 Å². The summed E-state index contributed by atoms with van der Waals surface area (Å²) < 4.78 is 98.6. The molecule has 76 heavy (non-hydrogen) atoms. The molecular weight excluding hydrogens is 1140 g/mol. The first kappa shape index (κ1) is 65.5. The Balaban J connectivity index is 0.000000369. The van der Waals surface area contributed by atoms with Crippen LogP contribution in [0.15, 0.2) is 46.3 Å². The van der Waals surface area contributed by atoms with Crippen molar-refractivity contribution in [3.05, 3.63) is 73.7 Å². The number of nitrogens with one attached hydrogen (secondary N) is 5. The number of nitrogens with two attached hydrogens (primary N) is 1. The SMILES string of the molecule is CCNc1nc(Cl)nc(NC(C)C)n1.COc1cc(OC)nc(NC(=O)NS(=O)(=O)c2ncccc2C(=O)N(C)C)n1.CP(=O)(O)CCC(N)C(=O)O.Cc1nn(-c2cc(NS(C)(=O)=O)c(Cl)cc2Cl)c(=O)n1C(F)F. The second kappa shape index (κ2) is 29.1. The Morgan fingerprint density at radius 3 is 2.03 bits per heavy atom. The number of amides is 3. The van der Waals surface area contributed by atoms with Gasteiger partial charge in [-0.15, -0.1) is 5.10 Å². The molecule has 0 saturated heterocycles. The summed E-state index contributed by atoms with van der Waals surface area (Å²) in [6.45, 7) is 6.06. The molecule has 0 saturated carbocycles. The number of nitrogens with zero attached hydrogens (tertiary/aromatic N) is 10. The second-order valence-corrected chi connectivity index (χ2v) is 22.6. The van der Waals surface area contributed by atoms with Gasteiger partial charge in [-0.05, 0) is 70.0 Å². The van der Waals surface area contributed by atoms with Crippen molar-refractivity contribution in [1.29, 1.82) is 0 Å². The molecular formula is C39H54Cl3F2N16O13PS2. The second-order valence-electron chi connectivity index (χ2n) is 15.5. The number of methoxy groups -OCH3 is 2. The number of rotatable bonds is 18. The zero-order valence-corrected chi connectivity index (χ0v) is 46.7. The molecule has 420 valence electrons. The topological polar surface area (TPSA) is 402 Å². The van der Waals surface area contributed by atoms with Crippen LogP contribution in [0.5, 0.6) is 11.8 Å². The summed E-state index contributed by atoms with van der Waals surface area (Å²) in [5, 5.41) is 19.7. The molecule has 9 N–H and O–H groups in total. The molecule has 0 aliphatic rings. The van der Waals surface area contributed by atoms with Gasteiger partial charge in [-0.25, -0.2) is 32.3 Å². The van der Waals surface area contributed by atoms with Gasteiger partial charge < -0.3 is 40.7 Å². The van der Waals surface area contributed by atoms with Crippen LogP contribution in [0.3, 0.4) is 0 Å². The van der Waals surface area contributed by atoms with E-state index in [-0.39, 0.29) is 79.0 Å². The first-order chi connectivity index (χ1) is 35.1. The van der Waals surface area contributed by atoms with Crippen LogP contribution in [0.4, 0.5) is 37.1 Å². The molecule has 29 nitrogen and oxygen atoms in total. The summed E-state index contributed by atoms with van der Waals surface area (Å²) in [5.74, 6) is -1.04. The van der Waals surface area contributed by atoms with Crippen molar-refractivity contribution in [2.45, 2.75) is 57.8 Å². The summed E-state index contributed by atoms with van der Waals surface area (Å²) in [6, 6.07) is 4.45. The maximum absolute atomic E-state index is 12.8. The van der Waals surface area contributed by atoms with Gasteiger partial charge in [0.1, 0.15) is 11.9 Å². The van der Waals surface area contributed by atoms with Crippen molar-refractivity contribution < 1.29 is 64.0 Å². The quantitative estimate of drug-likeness (QED) is 0.0575. The fraction of sp³-hybridized carbons (Fsp3) is 0.410. The lowest BCUT2D eigenvalue weighted by molar-refractivity contribution is -0.138. The maximum Gasteiger partial charge on any atom is 0.355 e. The number of benzene rings is 1. The molecule has 0 aliphatic carbocycles. The molecule has 5 aromatic rings. The number of hydrogen-bond acceptors (Lipinski definition) is 21. The highest BCUT2D eigenvalue weighted by molar-refractivity contribution is 7.92. The lowest BCUT2D eigenvalue weighted by Crippen LogP contribution is -2.36. The van der Waals surface area contributed by atoms with Crippen molar-refractivity contribution in [3.8, 4) is 17.4 Å². The van der Waals surface area contributed by atoms with Gasteiger partial charge in [-0.3, -0.25) is 24.2 Å². The molecule has 2 atom stereocenters. The van der Waals surface area contributed by atoms with E-state index in [4.69, 9.17) is 60.0 Å². The highest BCUT2D eigenvalue weighted by atomic mass is 35.5. The molecule has 3 amide bonds. The number of halogens is 5. The Morgan fingerprint density at radius 2 is 1.54 bits per heavy atom. The highest BCUT2D eigenvalue weighted by Gasteiger charge is 2.28. The molecule has 0 bridgehead atoms. The molecule has 37 heteroatoms. The smallest absolute Gasteiger partial charge is 0.355 e. The lowest BCUT2D eigenvalue weighted by atomic mass is 10.2. The van der Waals surface area contributed by atoms with Crippen LogP contribution in [0.25, 0.3) is 5.69 Å². The summed E-state index contributed by atoms with van der Waals surface area (Å²) in [4.78, 5) is 79.8. The van der Waals surface area contributed by atoms with Crippen LogP contribution in [0, 0.1) is 6.92 Å². The zero-order chi connectivity index (χ0) is 58.0. The fourth-order valence-electron chi connectivity index (χ4n) is 5.22. The van der Waals surface area contributed by atoms with Gasteiger partial charge in [-0.2, -0.15) is 46.8 Å². The van der Waals surface area contributed by atoms with Gasteiger partial charge >= 0.3 is 24.2 Å². The predicted octanol–water partition coefficient (Wildman–Crippen LogP) is 3.98. The normalized spacial score (nSPS) is 12.2. The number of carboxylic acid groups (broad SMARTS) is 1. The fourth-order valence-corrected chi connectivity index (χ4v) is 8.31. The third-order valence-corrected chi connectivity index (χ3v) is 12.2. The largest absolute Gasteiger partial charge is 0.481 e. The summed E-state index contributed by atoms with van der Waals surface area (Å²) in [7, 11) is -5.60. The van der Waals surface area contributed by atoms with E-state index < -0.39 is 68.6 Å². The van der Waals surface area contributed by atoms with Crippen molar-refractivity contribution in [2.75, 3.05) is 74.6 Å². The number of alkyl halides is 2. The minimum Gasteiger partial charge on any atom is -0.481 e. The average Bonchev–Trinajstić information content (AvgIpc) is 3.60. The number of hydrogen-bond donors (Lipinski definition) is 8. The number of sulfonamides is 2. The summed E-state index contributed by atoms with van der Waals surface area (Å²) >= 11 is 17.6. The van der Waals surface area contributed by atoms with E-state index in [1.54, 1.807) is 4.72 Å². The van der Waals surface area contributed by atoms with Crippen LogP contribution in [-0.4, -0.2) is 160 Å². The van der Waals surface area contributed by atoms with E-state index in [1.807, 2.05) is 20.8 Å². The van der Waals surface area contributed by atoms with Crippen LogP contribution in [-0.2, 0) is 29.4 Å². The molecule has 1 aromatic carbocycles. The van der Waals surface area contributed by atoms with Crippen molar-refractivity contribution in [3.63, 3.8) is 0 Å². The van der Waals surface area contributed by atoms with E-state index in [1.165, 1.54) is 77.3 Å². The molecule has 0 spiro atoms. The van der Waals surface area contributed by atoms with E-state index >= 15 is 0 Å². The molecule has 5 rings (SSSR count). The number of ether oxygens (including phenoxy) is 2. The molecule has 4 heterocycles. The van der Waals surface area contributed by atoms with Gasteiger partial charge in [0.2, 0.25) is 44.9 Å². The standard InChI is InChI=1S/C15H18N6O6S.C11H10Cl2F2N4O3S.C8H14ClN5.C5H12NO4P/c1-21(2)13(22)9-6-5-7-16-12(9)28(24,25)20-15(23)19-14-17-10(26-3)8-11(18-14)27-4;1-5-16-19(11(20)18(5)10(14)15)9-4-8(17-23(2,21)22)6(12)3-7(9)13;1-4-10-7-12-6(9)13-8(14-7)11-5(2)3;1-11(9,10)3-2-4(6)5(7)8/h5-8H,1-4H3,(H2,17,18,19,20,23);3-4,10,17H,1-2H3;5H,4H2,1-3H3,(H2,10,11,12,13,14);4H,2-3,6H2,1H3,(H,7,8)(H,9,10). The number of carbonyl (C=O) groups is 3. The number of urea groups is 1. The molecule has 2 unspecified atom stereocenters. The van der Waals surface area contributed by atoms with Gasteiger partial charge in [0.15, 0.2) is 12.4 Å². The zero-order valence-electron chi connectivity index (χ0n) is 41.9.